The van der Waals surface area contributed by atoms with Gasteiger partial charge < -0.3 is 14.6 Å². The lowest BCUT2D eigenvalue weighted by Gasteiger charge is -2.09. The number of hydrogen-bond acceptors (Lipinski definition) is 6. The van der Waals surface area contributed by atoms with Crippen LogP contribution in [-0.2, 0) is 13.7 Å². The maximum atomic E-state index is 9.02. The molecule has 1 N–H and O–H groups in total. The molecule has 0 aliphatic carbocycles. The highest BCUT2D eigenvalue weighted by molar-refractivity contribution is 5.43. The van der Waals surface area contributed by atoms with Crippen LogP contribution in [0.4, 0.5) is 0 Å². The molecule has 0 aliphatic heterocycles. The summed E-state index contributed by atoms with van der Waals surface area (Å²) in [4.78, 5) is 0. The Kier molecular flexibility index (Phi) is 3.20. The molecular weight excluding hydrogens is 224 g/mol. The third kappa shape index (κ3) is 2.34. The minimum absolute atomic E-state index is 0.0534. The second-order valence-corrected chi connectivity index (χ2v) is 3.33. The Morgan fingerprint density at radius 3 is 2.76 bits per heavy atom. The molecule has 0 unspecified atom stereocenters. The van der Waals surface area contributed by atoms with Crippen molar-refractivity contribution in [3.05, 3.63) is 23.8 Å². The average Bonchev–Trinajstić information content (AvgIpc) is 2.75. The fraction of sp³-hybridized carbons (Fsp3) is 0.300. The minimum Gasteiger partial charge on any atom is -0.493 e. The first-order valence-electron chi connectivity index (χ1n) is 4.92. The number of aryl methyl sites for hydroxylation is 1. The van der Waals surface area contributed by atoms with Gasteiger partial charge in [0.05, 0.1) is 13.7 Å². The molecule has 0 saturated carbocycles. The van der Waals surface area contributed by atoms with Crippen LogP contribution in [-0.4, -0.2) is 32.4 Å². The van der Waals surface area contributed by atoms with E-state index >= 15 is 0 Å². The van der Waals surface area contributed by atoms with Gasteiger partial charge in [0.25, 0.3) is 0 Å². The number of rotatable bonds is 4. The molecule has 7 heteroatoms. The van der Waals surface area contributed by atoms with Gasteiger partial charge >= 0.3 is 6.01 Å². The molecular formula is C10H12N4O3. The number of tetrazole rings is 1. The molecule has 0 saturated heterocycles. The molecule has 1 aromatic carbocycles. The fourth-order valence-electron chi connectivity index (χ4n) is 1.30. The SMILES string of the molecule is COc1cc(CO)ccc1Oc1nnnn1C. The van der Waals surface area contributed by atoms with Crippen molar-refractivity contribution in [2.24, 2.45) is 7.05 Å². The van der Waals surface area contributed by atoms with Crippen LogP contribution in [0.5, 0.6) is 17.5 Å². The lowest BCUT2D eigenvalue weighted by molar-refractivity contribution is 0.280. The van der Waals surface area contributed by atoms with Crippen LogP contribution in [0.3, 0.4) is 0 Å². The van der Waals surface area contributed by atoms with E-state index in [1.54, 1.807) is 25.2 Å². The lowest BCUT2D eigenvalue weighted by Crippen LogP contribution is -1.98. The molecule has 0 amide bonds. The summed E-state index contributed by atoms with van der Waals surface area (Å²) in [7, 11) is 3.20. The third-order valence-electron chi connectivity index (χ3n) is 2.19. The highest BCUT2D eigenvalue weighted by Crippen LogP contribution is 2.31. The highest BCUT2D eigenvalue weighted by atomic mass is 16.5. The number of nitrogens with zero attached hydrogens (tertiary/aromatic N) is 4. The number of methoxy groups -OCH3 is 1. The molecule has 0 bridgehead atoms. The summed E-state index contributed by atoms with van der Waals surface area (Å²) in [5.74, 6) is 1.00. The van der Waals surface area contributed by atoms with Crippen molar-refractivity contribution in [2.75, 3.05) is 7.11 Å². The summed E-state index contributed by atoms with van der Waals surface area (Å²) in [6.07, 6.45) is 0. The van der Waals surface area contributed by atoms with E-state index < -0.39 is 0 Å². The molecule has 0 atom stereocenters. The Morgan fingerprint density at radius 1 is 1.35 bits per heavy atom. The number of ether oxygens (including phenoxy) is 2. The zero-order chi connectivity index (χ0) is 12.3. The summed E-state index contributed by atoms with van der Waals surface area (Å²) in [5, 5.41) is 19.8. The maximum Gasteiger partial charge on any atom is 0.340 e. The minimum atomic E-state index is -0.0534. The molecule has 0 aliphatic rings. The number of aromatic nitrogens is 4. The Bertz CT molecular complexity index is 512. The standard InChI is InChI=1S/C10H12N4O3/c1-14-10(11-12-13-14)17-8-4-3-7(6-15)5-9(8)16-2/h3-5,15H,6H2,1-2H3. The van der Waals surface area contributed by atoms with Gasteiger partial charge in [-0.2, -0.15) is 4.68 Å². The van der Waals surface area contributed by atoms with Crippen molar-refractivity contribution in [2.45, 2.75) is 6.61 Å². The summed E-state index contributed by atoms with van der Waals surface area (Å²) in [6, 6.07) is 5.39. The van der Waals surface area contributed by atoms with E-state index in [1.807, 2.05) is 0 Å². The van der Waals surface area contributed by atoms with Gasteiger partial charge in [-0.25, -0.2) is 0 Å². The summed E-state index contributed by atoms with van der Waals surface area (Å²) in [6.45, 7) is -0.0534. The van der Waals surface area contributed by atoms with Gasteiger partial charge in [0, 0.05) is 7.05 Å². The van der Waals surface area contributed by atoms with E-state index in [4.69, 9.17) is 14.6 Å². The van der Waals surface area contributed by atoms with E-state index in [-0.39, 0.29) is 12.6 Å². The Labute approximate surface area is 97.6 Å². The second-order valence-electron chi connectivity index (χ2n) is 3.33. The zero-order valence-corrected chi connectivity index (χ0v) is 9.49. The van der Waals surface area contributed by atoms with Crippen LogP contribution in [0.2, 0.25) is 0 Å². The monoisotopic (exact) mass is 236 g/mol. The fourth-order valence-corrected chi connectivity index (χ4v) is 1.30. The quantitative estimate of drug-likeness (QED) is 0.832. The Balaban J connectivity index is 2.29. The Hall–Kier alpha value is -2.15. The Morgan fingerprint density at radius 2 is 2.18 bits per heavy atom. The number of benzene rings is 1. The first kappa shape index (κ1) is 11.3. The highest BCUT2D eigenvalue weighted by Gasteiger charge is 2.10. The molecule has 0 fully saturated rings. The van der Waals surface area contributed by atoms with Crippen LogP contribution in [0.1, 0.15) is 5.56 Å². The van der Waals surface area contributed by atoms with Gasteiger partial charge in [0.15, 0.2) is 11.5 Å². The molecule has 1 heterocycles. The predicted octanol–water partition coefficient (Wildman–Crippen LogP) is 0.503. The average molecular weight is 236 g/mol. The molecule has 0 spiro atoms. The van der Waals surface area contributed by atoms with Crippen molar-refractivity contribution in [3.63, 3.8) is 0 Å². The molecule has 17 heavy (non-hydrogen) atoms. The van der Waals surface area contributed by atoms with Gasteiger partial charge in [0.1, 0.15) is 0 Å². The van der Waals surface area contributed by atoms with Crippen molar-refractivity contribution >= 4 is 0 Å². The van der Waals surface area contributed by atoms with Crippen LogP contribution in [0, 0.1) is 0 Å². The van der Waals surface area contributed by atoms with Crippen molar-refractivity contribution in [3.8, 4) is 17.5 Å². The predicted molar refractivity (Wildman–Crippen MR) is 57.8 cm³/mol. The van der Waals surface area contributed by atoms with Gasteiger partial charge in [-0.1, -0.05) is 11.2 Å². The number of hydrogen-bond donors (Lipinski definition) is 1. The summed E-state index contributed by atoms with van der Waals surface area (Å²) < 4.78 is 12.1. The van der Waals surface area contributed by atoms with Crippen molar-refractivity contribution < 1.29 is 14.6 Å². The van der Waals surface area contributed by atoms with Crippen LogP contribution in [0.15, 0.2) is 18.2 Å². The third-order valence-corrected chi connectivity index (χ3v) is 2.19. The molecule has 0 radical (unpaired) electrons. The first-order valence-corrected chi connectivity index (χ1v) is 4.92. The molecule has 90 valence electrons. The smallest absolute Gasteiger partial charge is 0.340 e. The van der Waals surface area contributed by atoms with Crippen molar-refractivity contribution in [1.82, 2.24) is 20.2 Å². The molecule has 2 rings (SSSR count). The van der Waals surface area contributed by atoms with Crippen LogP contribution >= 0.6 is 0 Å². The van der Waals surface area contributed by atoms with Gasteiger partial charge in [-0.05, 0) is 28.1 Å². The van der Waals surface area contributed by atoms with E-state index in [9.17, 15) is 0 Å². The second kappa shape index (κ2) is 4.79. The van der Waals surface area contributed by atoms with Gasteiger partial charge in [-0.3, -0.25) is 0 Å². The molecule has 7 nitrogen and oxygen atoms in total. The molecule has 1 aromatic heterocycles. The number of aliphatic hydroxyl groups excluding tert-OH is 1. The summed E-state index contributed by atoms with van der Waals surface area (Å²) in [5.41, 5.74) is 0.741. The zero-order valence-electron chi connectivity index (χ0n) is 9.49. The lowest BCUT2D eigenvalue weighted by atomic mass is 10.2. The topological polar surface area (TPSA) is 82.3 Å². The van der Waals surface area contributed by atoms with Gasteiger partial charge in [0.2, 0.25) is 0 Å². The first-order chi connectivity index (χ1) is 8.24. The molecule has 2 aromatic rings. The maximum absolute atomic E-state index is 9.02. The number of aliphatic hydroxyl groups is 1. The van der Waals surface area contributed by atoms with E-state index in [0.29, 0.717) is 11.5 Å². The van der Waals surface area contributed by atoms with Crippen LogP contribution in [0.25, 0.3) is 0 Å². The normalized spacial score (nSPS) is 10.3. The van der Waals surface area contributed by atoms with Gasteiger partial charge in [-0.15, -0.1) is 0 Å². The van der Waals surface area contributed by atoms with Crippen molar-refractivity contribution in [1.29, 1.82) is 0 Å². The van der Waals surface area contributed by atoms with E-state index in [1.165, 1.54) is 11.8 Å². The van der Waals surface area contributed by atoms with E-state index in [0.717, 1.165) is 5.56 Å². The van der Waals surface area contributed by atoms with Crippen LogP contribution < -0.4 is 9.47 Å². The largest absolute Gasteiger partial charge is 0.493 e. The van der Waals surface area contributed by atoms with E-state index in [2.05, 4.69) is 15.5 Å². The summed E-state index contributed by atoms with van der Waals surface area (Å²) >= 11 is 0.